The molecular weight excluding hydrogens is 404 g/mol. The highest BCUT2D eigenvalue weighted by atomic mass is 32.2. The molecule has 0 unspecified atom stereocenters. The third-order valence-electron chi connectivity index (χ3n) is 4.75. The topological polar surface area (TPSA) is 86.7 Å². The summed E-state index contributed by atoms with van der Waals surface area (Å²) in [5.74, 6) is -0.801. The molecule has 1 aromatic rings. The SMILES string of the molecule is COC(=O)OC/C(C)=C/CC/C(C)=C/CC(C)(C)C(=O)CS(=O)(=O)c1ccccc1. The second-order valence-electron chi connectivity index (χ2n) is 7.97. The van der Waals surface area contributed by atoms with Gasteiger partial charge in [0, 0.05) is 5.41 Å². The number of rotatable bonds is 11. The minimum atomic E-state index is -3.64. The number of methoxy groups -OCH3 is 1. The van der Waals surface area contributed by atoms with E-state index in [0.29, 0.717) is 6.42 Å². The second-order valence-corrected chi connectivity index (χ2v) is 9.96. The molecule has 0 spiro atoms. The maximum Gasteiger partial charge on any atom is 0.508 e. The van der Waals surface area contributed by atoms with Crippen LogP contribution in [0.1, 0.15) is 47.0 Å². The fourth-order valence-electron chi connectivity index (χ4n) is 2.56. The van der Waals surface area contributed by atoms with Crippen LogP contribution in [0.25, 0.3) is 0 Å². The molecule has 0 aromatic heterocycles. The molecule has 0 saturated carbocycles. The highest BCUT2D eigenvalue weighted by Gasteiger charge is 2.31. The Kier molecular flexibility index (Phi) is 9.99. The third kappa shape index (κ3) is 8.95. The van der Waals surface area contributed by atoms with E-state index in [-0.39, 0.29) is 17.3 Å². The predicted octanol–water partition coefficient (Wildman–Crippen LogP) is 4.90. The van der Waals surface area contributed by atoms with Crippen molar-refractivity contribution in [2.75, 3.05) is 19.5 Å². The molecule has 1 rings (SSSR count). The van der Waals surface area contributed by atoms with Crippen LogP contribution in [0.5, 0.6) is 0 Å². The molecule has 0 amide bonds. The van der Waals surface area contributed by atoms with Crippen molar-refractivity contribution >= 4 is 21.8 Å². The average molecular weight is 437 g/mol. The standard InChI is InChI=1S/C23H32O6S/c1-18(10-9-11-19(2)16-29-22(25)28-5)14-15-23(3,4)21(24)17-30(26,27)20-12-7-6-8-13-20/h6-8,11-14H,9-10,15-17H2,1-5H3/b18-14+,19-11+. The molecule has 7 heteroatoms. The van der Waals surface area contributed by atoms with Gasteiger partial charge in [-0.15, -0.1) is 0 Å². The van der Waals surface area contributed by atoms with E-state index >= 15 is 0 Å². The van der Waals surface area contributed by atoms with Crippen LogP contribution in [0.15, 0.2) is 58.5 Å². The van der Waals surface area contributed by atoms with Crippen LogP contribution in [-0.2, 0) is 24.1 Å². The zero-order valence-corrected chi connectivity index (χ0v) is 19.3. The number of carbonyl (C=O) groups excluding carboxylic acids is 2. The van der Waals surface area contributed by atoms with Gasteiger partial charge in [-0.2, -0.15) is 0 Å². The summed E-state index contributed by atoms with van der Waals surface area (Å²) in [5.41, 5.74) is 1.26. The molecule has 0 aliphatic rings. The number of benzene rings is 1. The molecule has 1 aromatic carbocycles. The first-order valence-corrected chi connectivity index (χ1v) is 11.5. The van der Waals surface area contributed by atoms with Gasteiger partial charge in [0.1, 0.15) is 12.4 Å². The molecule has 0 radical (unpaired) electrons. The number of Topliss-reactive ketones (excluding diaryl/α,β-unsaturated/α-hetero) is 1. The summed E-state index contributed by atoms with van der Waals surface area (Å²) in [6, 6.07) is 8.04. The number of carbonyl (C=O) groups is 2. The quantitative estimate of drug-likeness (QED) is 0.362. The number of allylic oxidation sites excluding steroid dienone is 3. The van der Waals surface area contributed by atoms with Crippen LogP contribution in [0.3, 0.4) is 0 Å². The van der Waals surface area contributed by atoms with Crippen LogP contribution < -0.4 is 0 Å². The Morgan fingerprint density at radius 1 is 1.03 bits per heavy atom. The number of sulfone groups is 1. The monoisotopic (exact) mass is 436 g/mol. The average Bonchev–Trinajstić information content (AvgIpc) is 2.70. The van der Waals surface area contributed by atoms with E-state index < -0.39 is 27.2 Å². The summed E-state index contributed by atoms with van der Waals surface area (Å²) < 4.78 is 34.2. The van der Waals surface area contributed by atoms with Crippen LogP contribution in [0.4, 0.5) is 4.79 Å². The van der Waals surface area contributed by atoms with Gasteiger partial charge in [-0.1, -0.05) is 49.8 Å². The second kappa shape index (κ2) is 11.7. The van der Waals surface area contributed by atoms with Gasteiger partial charge in [0.25, 0.3) is 0 Å². The van der Waals surface area contributed by atoms with Gasteiger partial charge in [-0.05, 0) is 50.8 Å². The largest absolute Gasteiger partial charge is 0.508 e. The fraction of sp³-hybridized carbons (Fsp3) is 0.478. The summed E-state index contributed by atoms with van der Waals surface area (Å²) in [6.07, 6.45) is 5.30. The van der Waals surface area contributed by atoms with E-state index in [4.69, 9.17) is 4.74 Å². The molecule has 0 N–H and O–H groups in total. The Morgan fingerprint density at radius 3 is 2.27 bits per heavy atom. The number of ether oxygens (including phenoxy) is 2. The Labute approximate surface area is 179 Å². The molecule has 6 nitrogen and oxygen atoms in total. The number of ketones is 1. The summed E-state index contributed by atoms with van der Waals surface area (Å²) in [7, 11) is -2.38. The Morgan fingerprint density at radius 2 is 1.67 bits per heavy atom. The van der Waals surface area contributed by atoms with Crippen molar-refractivity contribution in [2.24, 2.45) is 5.41 Å². The first kappa shape index (κ1) is 25.6. The van der Waals surface area contributed by atoms with Crippen molar-refractivity contribution in [3.8, 4) is 0 Å². The van der Waals surface area contributed by atoms with Crippen molar-refractivity contribution in [1.82, 2.24) is 0 Å². The highest BCUT2D eigenvalue weighted by molar-refractivity contribution is 7.92. The highest BCUT2D eigenvalue weighted by Crippen LogP contribution is 2.26. The van der Waals surface area contributed by atoms with Gasteiger partial charge in [0.15, 0.2) is 15.6 Å². The smallest absolute Gasteiger partial charge is 0.438 e. The van der Waals surface area contributed by atoms with E-state index in [9.17, 15) is 18.0 Å². The van der Waals surface area contributed by atoms with Crippen LogP contribution >= 0.6 is 0 Å². The molecular formula is C23H32O6S. The summed E-state index contributed by atoms with van der Waals surface area (Å²) in [4.78, 5) is 23.8. The lowest BCUT2D eigenvalue weighted by Gasteiger charge is -2.21. The van der Waals surface area contributed by atoms with Gasteiger partial charge >= 0.3 is 6.16 Å². The van der Waals surface area contributed by atoms with Crippen LogP contribution in [0, 0.1) is 5.41 Å². The molecule has 0 bridgehead atoms. The van der Waals surface area contributed by atoms with Gasteiger partial charge in [0.05, 0.1) is 12.0 Å². The van der Waals surface area contributed by atoms with Crippen molar-refractivity contribution in [2.45, 2.75) is 51.9 Å². The number of hydrogen-bond acceptors (Lipinski definition) is 6. The minimum Gasteiger partial charge on any atom is -0.438 e. The van der Waals surface area contributed by atoms with Crippen LogP contribution in [0.2, 0.25) is 0 Å². The predicted molar refractivity (Wildman–Crippen MR) is 117 cm³/mol. The Balaban J connectivity index is 2.58. The van der Waals surface area contributed by atoms with Crippen LogP contribution in [-0.4, -0.2) is 39.8 Å². The first-order valence-electron chi connectivity index (χ1n) is 9.81. The fourth-order valence-corrected chi connectivity index (χ4v) is 4.04. The molecule has 0 aliphatic heterocycles. The molecule has 0 fully saturated rings. The Hall–Kier alpha value is -2.41. The normalized spacial score (nSPS) is 13.1. The summed E-state index contributed by atoms with van der Waals surface area (Å²) in [5, 5.41) is 0. The summed E-state index contributed by atoms with van der Waals surface area (Å²) >= 11 is 0. The zero-order chi connectivity index (χ0) is 22.8. The van der Waals surface area contributed by atoms with E-state index in [1.807, 2.05) is 26.0 Å². The van der Waals surface area contributed by atoms with Crippen molar-refractivity contribution < 1.29 is 27.5 Å². The van der Waals surface area contributed by atoms with Gasteiger partial charge < -0.3 is 9.47 Å². The van der Waals surface area contributed by atoms with E-state index in [1.165, 1.54) is 19.2 Å². The third-order valence-corrected chi connectivity index (χ3v) is 6.39. The van der Waals surface area contributed by atoms with E-state index in [0.717, 1.165) is 24.0 Å². The maximum absolute atomic E-state index is 12.7. The maximum atomic E-state index is 12.7. The molecule has 30 heavy (non-hydrogen) atoms. The van der Waals surface area contributed by atoms with Gasteiger partial charge in [-0.3, -0.25) is 4.79 Å². The van der Waals surface area contributed by atoms with Crippen molar-refractivity contribution in [3.63, 3.8) is 0 Å². The van der Waals surface area contributed by atoms with Gasteiger partial charge in [0.2, 0.25) is 0 Å². The van der Waals surface area contributed by atoms with Crippen molar-refractivity contribution in [1.29, 1.82) is 0 Å². The number of hydrogen-bond donors (Lipinski definition) is 0. The molecule has 0 heterocycles. The molecule has 0 saturated heterocycles. The lowest BCUT2D eigenvalue weighted by atomic mass is 9.84. The van der Waals surface area contributed by atoms with E-state index in [2.05, 4.69) is 4.74 Å². The zero-order valence-electron chi connectivity index (χ0n) is 18.4. The lowest BCUT2D eigenvalue weighted by molar-refractivity contribution is -0.124. The Bertz CT molecular complexity index is 880. The van der Waals surface area contributed by atoms with Gasteiger partial charge in [-0.25, -0.2) is 13.2 Å². The first-order chi connectivity index (χ1) is 14.0. The molecule has 166 valence electrons. The van der Waals surface area contributed by atoms with E-state index in [1.54, 1.807) is 32.0 Å². The minimum absolute atomic E-state index is 0.166. The van der Waals surface area contributed by atoms with Crippen molar-refractivity contribution in [3.05, 3.63) is 53.6 Å². The lowest BCUT2D eigenvalue weighted by Crippen LogP contribution is -2.30. The molecule has 0 aliphatic carbocycles. The molecule has 0 atom stereocenters. The summed E-state index contributed by atoms with van der Waals surface area (Å²) in [6.45, 7) is 7.58.